The Morgan fingerprint density at radius 2 is 2.00 bits per heavy atom. The second-order valence-corrected chi connectivity index (χ2v) is 11.8. The lowest BCUT2D eigenvalue weighted by molar-refractivity contribution is -0.159. The van der Waals surface area contributed by atoms with Crippen LogP contribution >= 0.6 is 0 Å². The molecule has 1 rings (SSSR count). The molecule has 4 nitrogen and oxygen atoms in total. The third kappa shape index (κ3) is 4.44. The molecule has 1 fully saturated rings. The molecule has 0 radical (unpaired) electrons. The number of rotatable bonds is 6. The van der Waals surface area contributed by atoms with Crippen LogP contribution in [0.3, 0.4) is 0 Å². The Labute approximate surface area is 129 Å². The van der Waals surface area contributed by atoms with Crippen molar-refractivity contribution in [3.63, 3.8) is 0 Å². The molecule has 1 aliphatic rings. The van der Waals surface area contributed by atoms with Crippen molar-refractivity contribution in [1.29, 1.82) is 0 Å². The zero-order chi connectivity index (χ0) is 16.1. The second-order valence-electron chi connectivity index (χ2n) is 6.70. The monoisotopic (exact) mass is 309 g/mol. The maximum absolute atomic E-state index is 12.0. The van der Waals surface area contributed by atoms with E-state index in [0.29, 0.717) is 26.2 Å². The van der Waals surface area contributed by atoms with Gasteiger partial charge >= 0.3 is 0 Å². The molecule has 1 atom stereocenters. The van der Waals surface area contributed by atoms with Gasteiger partial charge in [-0.3, -0.25) is 4.79 Å². The lowest BCUT2D eigenvalue weighted by Crippen LogP contribution is -2.68. The van der Waals surface area contributed by atoms with Gasteiger partial charge in [0, 0.05) is 0 Å². The SMILES string of the molecule is C=CCOCC#CCOC1CC(=O)N1[Si](C)(C)C(C)(C)C. The summed E-state index contributed by atoms with van der Waals surface area (Å²) in [5.41, 5.74) is 0. The lowest BCUT2D eigenvalue weighted by atomic mass is 10.2. The van der Waals surface area contributed by atoms with E-state index in [-0.39, 0.29) is 17.2 Å². The van der Waals surface area contributed by atoms with Crippen LogP contribution in [0.15, 0.2) is 12.7 Å². The number of carbonyl (C=O) groups excluding carboxylic acids is 1. The van der Waals surface area contributed by atoms with Gasteiger partial charge in [-0.15, -0.1) is 6.58 Å². The van der Waals surface area contributed by atoms with E-state index in [1.54, 1.807) is 6.08 Å². The Bertz CT molecular complexity index is 443. The molecule has 5 heteroatoms. The predicted octanol–water partition coefficient (Wildman–Crippen LogP) is 2.77. The summed E-state index contributed by atoms with van der Waals surface area (Å²) in [5.74, 6) is 6.00. The number of nitrogens with zero attached hydrogens (tertiary/aromatic N) is 1. The first-order valence-electron chi connectivity index (χ1n) is 7.30. The summed E-state index contributed by atoms with van der Waals surface area (Å²) in [6.45, 7) is 15.8. The van der Waals surface area contributed by atoms with E-state index >= 15 is 0 Å². The minimum atomic E-state index is -1.86. The van der Waals surface area contributed by atoms with Gasteiger partial charge in [-0.2, -0.15) is 0 Å². The Hall–Kier alpha value is -1.09. The van der Waals surface area contributed by atoms with Gasteiger partial charge in [-0.05, 0) is 5.04 Å². The van der Waals surface area contributed by atoms with E-state index in [1.807, 2.05) is 4.57 Å². The third-order valence-corrected chi connectivity index (χ3v) is 9.64. The van der Waals surface area contributed by atoms with E-state index in [0.717, 1.165) is 0 Å². The molecule has 0 aromatic carbocycles. The number of hydrogen-bond donors (Lipinski definition) is 0. The zero-order valence-electron chi connectivity index (χ0n) is 13.9. The molecule has 0 aromatic heterocycles. The van der Waals surface area contributed by atoms with Gasteiger partial charge in [0.1, 0.15) is 19.4 Å². The number of amides is 1. The van der Waals surface area contributed by atoms with Gasteiger partial charge in [-0.25, -0.2) is 0 Å². The van der Waals surface area contributed by atoms with Gasteiger partial charge < -0.3 is 14.0 Å². The third-order valence-electron chi connectivity index (χ3n) is 4.23. The number of carbonyl (C=O) groups is 1. The number of ether oxygens (including phenoxy) is 2. The minimum Gasteiger partial charge on any atom is -0.365 e. The highest BCUT2D eigenvalue weighted by Crippen LogP contribution is 2.42. The van der Waals surface area contributed by atoms with Gasteiger partial charge in [0.2, 0.25) is 5.91 Å². The van der Waals surface area contributed by atoms with Crippen LogP contribution in [0.25, 0.3) is 0 Å². The highest BCUT2D eigenvalue weighted by molar-refractivity contribution is 6.79. The fraction of sp³-hybridized carbons (Fsp3) is 0.688. The highest BCUT2D eigenvalue weighted by atomic mass is 28.3. The van der Waals surface area contributed by atoms with Crippen LogP contribution in [0.4, 0.5) is 0 Å². The first-order chi connectivity index (χ1) is 9.71. The van der Waals surface area contributed by atoms with Crippen LogP contribution in [0.5, 0.6) is 0 Å². The second kappa shape index (κ2) is 7.26. The summed E-state index contributed by atoms with van der Waals surface area (Å²) in [7, 11) is -1.86. The summed E-state index contributed by atoms with van der Waals surface area (Å²) in [4.78, 5) is 12.0. The van der Waals surface area contributed by atoms with E-state index in [2.05, 4.69) is 52.3 Å². The standard InChI is InChI=1S/C16H27NO3Si/c1-7-10-19-11-8-9-12-20-15-13-14(18)17(15)21(5,6)16(2,3)4/h7,15H,1,10-13H2,2-6H3. The van der Waals surface area contributed by atoms with E-state index in [4.69, 9.17) is 9.47 Å². The van der Waals surface area contributed by atoms with Gasteiger partial charge in [0.15, 0.2) is 8.24 Å². The maximum atomic E-state index is 12.0. The first kappa shape index (κ1) is 18.0. The smallest absolute Gasteiger partial charge is 0.221 e. The van der Waals surface area contributed by atoms with E-state index in [1.165, 1.54) is 0 Å². The summed E-state index contributed by atoms with van der Waals surface area (Å²) >= 11 is 0. The van der Waals surface area contributed by atoms with Crippen molar-refractivity contribution in [2.45, 2.75) is 51.6 Å². The lowest BCUT2D eigenvalue weighted by Gasteiger charge is -2.54. The highest BCUT2D eigenvalue weighted by Gasteiger charge is 2.52. The van der Waals surface area contributed by atoms with Crippen LogP contribution in [0.2, 0.25) is 18.1 Å². The summed E-state index contributed by atoms with van der Waals surface area (Å²) in [6.07, 6.45) is 2.05. The van der Waals surface area contributed by atoms with Crippen molar-refractivity contribution in [3.8, 4) is 11.8 Å². The molecule has 1 unspecified atom stereocenters. The average Bonchev–Trinajstić information content (AvgIpc) is 2.34. The number of β-lactam (4-membered cyclic amide) rings is 1. The summed E-state index contributed by atoms with van der Waals surface area (Å²) in [5, 5.41) is 0.120. The predicted molar refractivity (Wildman–Crippen MR) is 87.2 cm³/mol. The Balaban J connectivity index is 2.47. The van der Waals surface area contributed by atoms with E-state index < -0.39 is 8.24 Å². The Morgan fingerprint density at radius 3 is 2.52 bits per heavy atom. The summed E-state index contributed by atoms with van der Waals surface area (Å²) in [6, 6.07) is 0. The first-order valence-corrected chi connectivity index (χ1v) is 10.2. The van der Waals surface area contributed by atoms with Crippen LogP contribution in [-0.4, -0.2) is 44.8 Å². The quantitative estimate of drug-likeness (QED) is 0.249. The van der Waals surface area contributed by atoms with Crippen LogP contribution < -0.4 is 0 Å². The van der Waals surface area contributed by atoms with Crippen molar-refractivity contribution < 1.29 is 14.3 Å². The molecular formula is C16H27NO3Si. The molecule has 0 saturated carbocycles. The van der Waals surface area contributed by atoms with Crippen LogP contribution in [-0.2, 0) is 14.3 Å². The molecule has 0 aromatic rings. The van der Waals surface area contributed by atoms with Crippen LogP contribution in [0.1, 0.15) is 27.2 Å². The Kier molecular flexibility index (Phi) is 6.20. The molecule has 21 heavy (non-hydrogen) atoms. The van der Waals surface area contributed by atoms with Gasteiger partial charge in [-0.1, -0.05) is 51.8 Å². The molecule has 118 valence electrons. The molecular weight excluding hydrogens is 282 g/mol. The zero-order valence-corrected chi connectivity index (χ0v) is 14.9. The maximum Gasteiger partial charge on any atom is 0.221 e. The van der Waals surface area contributed by atoms with Crippen molar-refractivity contribution in [2.24, 2.45) is 0 Å². The molecule has 1 aliphatic heterocycles. The normalized spacial score (nSPS) is 18.8. The van der Waals surface area contributed by atoms with E-state index in [9.17, 15) is 4.79 Å². The van der Waals surface area contributed by atoms with Crippen molar-refractivity contribution in [1.82, 2.24) is 4.57 Å². The van der Waals surface area contributed by atoms with Crippen molar-refractivity contribution in [2.75, 3.05) is 19.8 Å². The molecule has 1 amide bonds. The molecule has 0 bridgehead atoms. The fourth-order valence-corrected chi connectivity index (χ4v) is 4.31. The molecule has 1 saturated heterocycles. The van der Waals surface area contributed by atoms with Crippen molar-refractivity contribution in [3.05, 3.63) is 12.7 Å². The van der Waals surface area contributed by atoms with Gasteiger partial charge in [0.05, 0.1) is 13.0 Å². The van der Waals surface area contributed by atoms with Gasteiger partial charge in [0.25, 0.3) is 0 Å². The Morgan fingerprint density at radius 1 is 1.38 bits per heavy atom. The fourth-order valence-electron chi connectivity index (χ4n) is 1.99. The molecule has 0 spiro atoms. The molecule has 0 aliphatic carbocycles. The minimum absolute atomic E-state index is 0.109. The summed E-state index contributed by atoms with van der Waals surface area (Å²) < 4.78 is 12.9. The largest absolute Gasteiger partial charge is 0.365 e. The van der Waals surface area contributed by atoms with Crippen LogP contribution in [0, 0.1) is 11.8 Å². The topological polar surface area (TPSA) is 38.8 Å². The molecule has 1 heterocycles. The average molecular weight is 309 g/mol. The van der Waals surface area contributed by atoms with Crippen molar-refractivity contribution >= 4 is 14.1 Å². The number of hydrogen-bond acceptors (Lipinski definition) is 3. The molecule has 0 N–H and O–H groups in total.